The lowest BCUT2D eigenvalue weighted by molar-refractivity contribution is 1.28. The molecule has 0 aliphatic heterocycles. The molecule has 10 rings (SSSR count). The van der Waals surface area contributed by atoms with E-state index in [1.165, 1.54) is 0 Å². The second-order valence-electron chi connectivity index (χ2n) is 13.1. The molecule has 0 fully saturated rings. The molecule has 54 heavy (non-hydrogen) atoms. The van der Waals surface area contributed by atoms with Gasteiger partial charge in [-0.05, 0) is 116 Å². The first-order valence-corrected chi connectivity index (χ1v) is 17.9. The molecule has 2 heteroatoms. The maximum Gasteiger partial charge on any atom is 0.0645 e. The molecular formula is C52H36N2. The molecule has 0 unspecified atom stereocenters. The van der Waals surface area contributed by atoms with Gasteiger partial charge in [0, 0.05) is 33.8 Å². The fourth-order valence-electron chi connectivity index (χ4n) is 7.40. The summed E-state index contributed by atoms with van der Waals surface area (Å²) in [5.41, 5.74) is 3.91. The van der Waals surface area contributed by atoms with Crippen LogP contribution in [0.3, 0.4) is 0 Å². The topological polar surface area (TPSA) is 6.48 Å². The number of para-hydroxylation sites is 3. The third-order valence-corrected chi connectivity index (χ3v) is 9.89. The molecule has 0 saturated carbocycles. The Bertz CT molecular complexity index is 3230. The number of benzene rings is 10. The van der Waals surface area contributed by atoms with Gasteiger partial charge in [-0.25, -0.2) is 0 Å². The van der Waals surface area contributed by atoms with E-state index in [4.69, 9.17) is 0 Å². The average Bonchev–Trinajstić information content (AvgIpc) is 3.31. The molecule has 0 saturated heterocycles. The highest BCUT2D eigenvalue weighted by atomic mass is 15.1. The Hall–Kier alpha value is -7.16. The zero-order chi connectivity index (χ0) is 42.8. The SMILES string of the molecule is [2H]c1c([2H])c(-c2c([2H])c([2H])c(N(c3ccccc3)c3cc4cccc5ccc6cccc3c6c54)c([2H])c2[2H])c([2H])c([2H])c1-c1ccc(N(c2ccccc2)c2ccccc2)cc1. The van der Waals surface area contributed by atoms with Crippen LogP contribution >= 0.6 is 0 Å². The molecular weight excluding hydrogens is 653 g/mol. The zero-order valence-electron chi connectivity index (χ0n) is 37.1. The lowest BCUT2D eigenvalue weighted by atomic mass is 9.92. The van der Waals surface area contributed by atoms with Gasteiger partial charge in [0.1, 0.15) is 0 Å². The minimum Gasteiger partial charge on any atom is -0.311 e. The van der Waals surface area contributed by atoms with Crippen molar-refractivity contribution in [3.8, 4) is 22.3 Å². The molecule has 0 heterocycles. The summed E-state index contributed by atoms with van der Waals surface area (Å²) in [7, 11) is 0. The van der Waals surface area contributed by atoms with Gasteiger partial charge >= 0.3 is 0 Å². The van der Waals surface area contributed by atoms with Crippen molar-refractivity contribution in [1.82, 2.24) is 0 Å². The molecule has 2 nitrogen and oxygen atoms in total. The van der Waals surface area contributed by atoms with Crippen molar-refractivity contribution in [3.05, 3.63) is 218 Å². The van der Waals surface area contributed by atoms with Gasteiger partial charge in [0.2, 0.25) is 0 Å². The van der Waals surface area contributed by atoms with Crippen LogP contribution in [0.1, 0.15) is 11.0 Å². The molecule has 0 amide bonds. The smallest absolute Gasteiger partial charge is 0.0645 e. The molecule has 254 valence electrons. The van der Waals surface area contributed by atoms with E-state index in [0.717, 1.165) is 49.4 Å². The summed E-state index contributed by atoms with van der Waals surface area (Å²) in [5.74, 6) is 0. The Morgan fingerprint density at radius 3 is 1.31 bits per heavy atom. The van der Waals surface area contributed by atoms with Crippen LogP contribution in [0.4, 0.5) is 34.1 Å². The Kier molecular flexibility index (Phi) is 6.01. The number of rotatable bonds is 8. The third-order valence-electron chi connectivity index (χ3n) is 9.89. The highest BCUT2D eigenvalue weighted by Crippen LogP contribution is 2.45. The van der Waals surface area contributed by atoms with Gasteiger partial charge in [-0.1, -0.05) is 152 Å². The largest absolute Gasteiger partial charge is 0.311 e. The molecule has 10 aromatic carbocycles. The van der Waals surface area contributed by atoms with Crippen molar-refractivity contribution in [2.75, 3.05) is 9.80 Å². The summed E-state index contributed by atoms with van der Waals surface area (Å²) in [4.78, 5) is 3.84. The van der Waals surface area contributed by atoms with Crippen LogP contribution in [0.25, 0.3) is 54.6 Å². The second kappa shape index (κ2) is 13.4. The Morgan fingerprint density at radius 2 is 0.741 bits per heavy atom. The molecule has 0 N–H and O–H groups in total. The number of hydrogen-bond donors (Lipinski definition) is 0. The van der Waals surface area contributed by atoms with Crippen LogP contribution in [0, 0.1) is 0 Å². The maximum absolute atomic E-state index is 9.55. The summed E-state index contributed by atoms with van der Waals surface area (Å²) < 4.78 is 74.9. The molecule has 0 radical (unpaired) electrons. The summed E-state index contributed by atoms with van der Waals surface area (Å²) in [6, 6.07) is 51.3. The highest BCUT2D eigenvalue weighted by molar-refractivity contribution is 6.26. The summed E-state index contributed by atoms with van der Waals surface area (Å²) >= 11 is 0. The van der Waals surface area contributed by atoms with E-state index in [1.54, 1.807) is 17.0 Å². The maximum atomic E-state index is 9.55. The van der Waals surface area contributed by atoms with E-state index in [-0.39, 0.29) is 46.5 Å². The van der Waals surface area contributed by atoms with Crippen LogP contribution in [0.2, 0.25) is 0 Å². The first-order valence-electron chi connectivity index (χ1n) is 21.9. The fraction of sp³-hybridized carbons (Fsp3) is 0. The molecule has 0 spiro atoms. The molecule has 0 atom stereocenters. The lowest BCUT2D eigenvalue weighted by Gasteiger charge is -2.28. The number of hydrogen-bond acceptors (Lipinski definition) is 2. The molecule has 0 aromatic heterocycles. The minimum atomic E-state index is -0.473. The Morgan fingerprint density at radius 1 is 0.296 bits per heavy atom. The minimum absolute atomic E-state index is 0.00299. The molecule has 0 aliphatic carbocycles. The van der Waals surface area contributed by atoms with Crippen LogP contribution in [-0.4, -0.2) is 0 Å². The van der Waals surface area contributed by atoms with Crippen molar-refractivity contribution in [2.45, 2.75) is 0 Å². The van der Waals surface area contributed by atoms with Gasteiger partial charge < -0.3 is 9.80 Å². The zero-order valence-corrected chi connectivity index (χ0v) is 29.1. The van der Waals surface area contributed by atoms with E-state index >= 15 is 0 Å². The van der Waals surface area contributed by atoms with E-state index in [0.29, 0.717) is 16.9 Å². The van der Waals surface area contributed by atoms with Crippen LogP contribution in [0.15, 0.2) is 218 Å². The normalized spacial score (nSPS) is 13.4. The predicted molar refractivity (Wildman–Crippen MR) is 230 cm³/mol. The Balaban J connectivity index is 1.12. The molecule has 0 bridgehead atoms. The van der Waals surface area contributed by atoms with Gasteiger partial charge in [-0.3, -0.25) is 0 Å². The van der Waals surface area contributed by atoms with Gasteiger partial charge in [0.15, 0.2) is 0 Å². The molecule has 10 aromatic rings. The van der Waals surface area contributed by atoms with E-state index in [1.807, 2.05) is 133 Å². The third kappa shape index (κ3) is 5.62. The average molecular weight is 697 g/mol. The first-order chi connectivity index (χ1) is 30.1. The van der Waals surface area contributed by atoms with Crippen LogP contribution in [0.5, 0.6) is 0 Å². The van der Waals surface area contributed by atoms with Crippen LogP contribution < -0.4 is 9.80 Å². The van der Waals surface area contributed by atoms with E-state index < -0.39 is 24.2 Å². The first kappa shape index (κ1) is 24.2. The van der Waals surface area contributed by atoms with Gasteiger partial charge in [0.05, 0.1) is 16.7 Å². The van der Waals surface area contributed by atoms with Crippen molar-refractivity contribution in [3.63, 3.8) is 0 Å². The molecule has 0 aliphatic rings. The standard InChI is InChI=1S/C52H36N2/c1-4-15-44(16-5-1)53(45-17-6-2-7-18-45)47-32-28-39(29-33-47)37-22-24-38(25-23-37)40-30-34-48(35-31-40)54(46-19-8-3-9-20-46)50-36-43-14-10-12-41-26-27-42-13-11-21-49(50)52(42)51(41)43/h1-36H/i22D,23D,24D,25D,30D,31D,34D,35D. The fourth-order valence-corrected chi connectivity index (χ4v) is 7.40. The van der Waals surface area contributed by atoms with E-state index in [2.05, 4.69) is 29.2 Å². The Labute approximate surface area is 327 Å². The summed E-state index contributed by atoms with van der Waals surface area (Å²) in [6.07, 6.45) is 0. The van der Waals surface area contributed by atoms with Gasteiger partial charge in [-0.2, -0.15) is 0 Å². The highest BCUT2D eigenvalue weighted by Gasteiger charge is 2.19. The second-order valence-corrected chi connectivity index (χ2v) is 13.1. The lowest BCUT2D eigenvalue weighted by Crippen LogP contribution is -2.10. The summed E-state index contributed by atoms with van der Waals surface area (Å²) in [5, 5.41) is 6.05. The van der Waals surface area contributed by atoms with E-state index in [9.17, 15) is 11.0 Å². The number of anilines is 6. The van der Waals surface area contributed by atoms with Crippen molar-refractivity contribution < 1.29 is 11.0 Å². The van der Waals surface area contributed by atoms with Crippen molar-refractivity contribution in [2.24, 2.45) is 0 Å². The summed E-state index contributed by atoms with van der Waals surface area (Å²) in [6.45, 7) is 0. The van der Waals surface area contributed by atoms with Gasteiger partial charge in [0.25, 0.3) is 0 Å². The van der Waals surface area contributed by atoms with Crippen LogP contribution in [-0.2, 0) is 0 Å². The number of nitrogens with zero attached hydrogens (tertiary/aromatic N) is 2. The van der Waals surface area contributed by atoms with Crippen molar-refractivity contribution >= 4 is 66.4 Å². The van der Waals surface area contributed by atoms with Gasteiger partial charge in [-0.15, -0.1) is 0 Å². The monoisotopic (exact) mass is 696 g/mol. The predicted octanol–water partition coefficient (Wildman–Crippen LogP) is 14.9. The quantitative estimate of drug-likeness (QED) is 0.146. The van der Waals surface area contributed by atoms with Crippen molar-refractivity contribution in [1.29, 1.82) is 0 Å².